The van der Waals surface area contributed by atoms with Gasteiger partial charge in [0.1, 0.15) is 0 Å². The Bertz CT molecular complexity index is 3960. The Kier molecular flexibility index (Phi) is 11.7. The number of hydrogen-bond donors (Lipinski definition) is 0. The van der Waals surface area contributed by atoms with Crippen molar-refractivity contribution in [2.75, 3.05) is 4.90 Å². The standard InChI is InChI=1S/C76H55N/c1-5-17-54(18-6-1)58-31-35-62(36-32-58)67(63-37-33-59(34-38-63)55-19-7-2-8-20-55)48-29-53-30-49-70-68-25-13-15-27-72(68)76(74(70)51-53)73-28-16-14-26-69(73)71-50-47-66(52-75(71)76)77(64-43-39-60(40-44-64)56-21-9-3-10-22-56)65-45-41-61(42-46-65)57-23-11-4-12-24-57/h1-28,30-37,39-47,49-52H,29,38,48H2. The molecule has 1 nitrogen and oxygen atoms in total. The summed E-state index contributed by atoms with van der Waals surface area (Å²) in [6.45, 7) is 0. The first-order chi connectivity index (χ1) is 38.2. The van der Waals surface area contributed by atoms with Gasteiger partial charge in [-0.05, 0) is 167 Å². The van der Waals surface area contributed by atoms with Gasteiger partial charge in [-0.3, -0.25) is 0 Å². The molecule has 1 atom stereocenters. The molecule has 3 aliphatic carbocycles. The highest BCUT2D eigenvalue weighted by atomic mass is 15.1. The first kappa shape index (κ1) is 46.0. The van der Waals surface area contributed by atoms with E-state index in [4.69, 9.17) is 0 Å². The summed E-state index contributed by atoms with van der Waals surface area (Å²) < 4.78 is 0. The van der Waals surface area contributed by atoms with Gasteiger partial charge in [-0.15, -0.1) is 0 Å². The van der Waals surface area contributed by atoms with E-state index in [1.807, 2.05) is 0 Å². The van der Waals surface area contributed by atoms with Gasteiger partial charge in [0.05, 0.1) is 5.41 Å². The monoisotopic (exact) mass is 981 g/mol. The van der Waals surface area contributed by atoms with Crippen LogP contribution in [0.5, 0.6) is 0 Å². The quantitative estimate of drug-likeness (QED) is 0.125. The number of anilines is 3. The van der Waals surface area contributed by atoms with Crippen molar-refractivity contribution in [3.8, 4) is 55.6 Å². The van der Waals surface area contributed by atoms with E-state index in [-0.39, 0.29) is 0 Å². The lowest BCUT2D eigenvalue weighted by atomic mass is 9.70. The molecule has 0 heterocycles. The van der Waals surface area contributed by atoms with Gasteiger partial charge < -0.3 is 4.90 Å². The normalized spacial score (nSPS) is 15.3. The van der Waals surface area contributed by atoms with Gasteiger partial charge in [0.25, 0.3) is 0 Å². The van der Waals surface area contributed by atoms with Crippen LogP contribution in [0.2, 0.25) is 0 Å². The summed E-state index contributed by atoms with van der Waals surface area (Å²) >= 11 is 0. The van der Waals surface area contributed by atoms with Gasteiger partial charge in [0.15, 0.2) is 0 Å². The van der Waals surface area contributed by atoms with E-state index in [0.717, 1.165) is 36.3 Å². The molecule has 1 spiro atoms. The van der Waals surface area contributed by atoms with Crippen molar-refractivity contribution in [1.82, 2.24) is 0 Å². The fraction of sp³-hybridized carbons (Fsp3) is 0.0526. The largest absolute Gasteiger partial charge is 0.310 e. The zero-order chi connectivity index (χ0) is 51.1. The van der Waals surface area contributed by atoms with Crippen LogP contribution in [-0.2, 0) is 11.8 Å². The minimum Gasteiger partial charge on any atom is -0.310 e. The molecule has 364 valence electrons. The van der Waals surface area contributed by atoms with Crippen molar-refractivity contribution >= 4 is 28.2 Å². The molecule has 0 saturated carbocycles. The summed E-state index contributed by atoms with van der Waals surface area (Å²) in [4.78, 5) is 2.44. The summed E-state index contributed by atoms with van der Waals surface area (Å²) in [5, 5.41) is 0. The lowest BCUT2D eigenvalue weighted by molar-refractivity contribution is 0.790. The van der Waals surface area contributed by atoms with Gasteiger partial charge in [-0.1, -0.05) is 261 Å². The molecule has 14 rings (SSSR count). The summed E-state index contributed by atoms with van der Waals surface area (Å²) in [6.07, 6.45) is 9.80. The highest BCUT2D eigenvalue weighted by Gasteiger charge is 2.52. The predicted molar refractivity (Wildman–Crippen MR) is 324 cm³/mol. The summed E-state index contributed by atoms with van der Waals surface area (Å²) in [5.41, 5.74) is 28.6. The summed E-state index contributed by atoms with van der Waals surface area (Å²) in [5.74, 6) is 0. The van der Waals surface area contributed by atoms with Crippen LogP contribution in [0.4, 0.5) is 17.1 Å². The first-order valence-corrected chi connectivity index (χ1v) is 27.1. The molecule has 1 unspecified atom stereocenters. The molecule has 0 N–H and O–H groups in total. The third-order valence-electron chi connectivity index (χ3n) is 16.4. The van der Waals surface area contributed by atoms with Gasteiger partial charge in [0.2, 0.25) is 0 Å². The molecule has 1 heteroatoms. The molecule has 11 aromatic carbocycles. The fourth-order valence-corrected chi connectivity index (χ4v) is 12.7. The van der Waals surface area contributed by atoms with Crippen LogP contribution >= 0.6 is 0 Å². The maximum Gasteiger partial charge on any atom is 0.0726 e. The Morgan fingerprint density at radius 2 is 0.753 bits per heavy atom. The zero-order valence-electron chi connectivity index (χ0n) is 42.9. The number of benzene rings is 11. The number of rotatable bonds is 11. The van der Waals surface area contributed by atoms with Crippen molar-refractivity contribution in [2.45, 2.75) is 24.7 Å². The average Bonchev–Trinajstić information content (AvgIpc) is 4.15. The molecular weight excluding hydrogens is 927 g/mol. The molecular formula is C76H55N. The van der Waals surface area contributed by atoms with Crippen LogP contribution in [0.3, 0.4) is 0 Å². The minimum absolute atomic E-state index is 0.525. The van der Waals surface area contributed by atoms with E-state index >= 15 is 0 Å². The van der Waals surface area contributed by atoms with Gasteiger partial charge in [-0.25, -0.2) is 0 Å². The van der Waals surface area contributed by atoms with Crippen molar-refractivity contribution in [3.63, 3.8) is 0 Å². The Morgan fingerprint density at radius 1 is 0.338 bits per heavy atom. The Labute approximate surface area is 452 Å². The first-order valence-electron chi connectivity index (χ1n) is 27.1. The van der Waals surface area contributed by atoms with Crippen molar-refractivity contribution in [3.05, 3.63) is 342 Å². The highest BCUT2D eigenvalue weighted by molar-refractivity contribution is 5.97. The Morgan fingerprint density at radius 3 is 1.26 bits per heavy atom. The number of allylic oxidation sites excluding steroid dienone is 6. The van der Waals surface area contributed by atoms with Crippen LogP contribution in [-0.4, -0.2) is 0 Å². The lowest BCUT2D eigenvalue weighted by Crippen LogP contribution is -2.26. The Balaban J connectivity index is 0.882. The molecule has 0 aromatic heterocycles. The number of fused-ring (bicyclic) bond motifs is 10. The van der Waals surface area contributed by atoms with Gasteiger partial charge in [-0.2, -0.15) is 0 Å². The van der Waals surface area contributed by atoms with Crippen LogP contribution in [0.25, 0.3) is 66.8 Å². The van der Waals surface area contributed by atoms with Crippen molar-refractivity contribution in [1.29, 1.82) is 0 Å². The second-order valence-corrected chi connectivity index (χ2v) is 20.6. The van der Waals surface area contributed by atoms with Gasteiger partial charge >= 0.3 is 0 Å². The lowest BCUT2D eigenvalue weighted by Gasteiger charge is -2.32. The smallest absolute Gasteiger partial charge is 0.0726 e. The van der Waals surface area contributed by atoms with Crippen molar-refractivity contribution < 1.29 is 0 Å². The molecule has 0 radical (unpaired) electrons. The second kappa shape index (κ2) is 19.6. The van der Waals surface area contributed by atoms with E-state index in [1.54, 1.807) is 0 Å². The van der Waals surface area contributed by atoms with E-state index in [0.29, 0.717) is 0 Å². The van der Waals surface area contributed by atoms with Gasteiger partial charge in [0, 0.05) is 17.1 Å². The fourth-order valence-electron chi connectivity index (χ4n) is 12.7. The molecule has 0 bridgehead atoms. The molecule has 77 heavy (non-hydrogen) atoms. The summed E-state index contributed by atoms with van der Waals surface area (Å²) in [7, 11) is 0. The third-order valence-corrected chi connectivity index (χ3v) is 16.4. The summed E-state index contributed by atoms with van der Waals surface area (Å²) in [6, 6.07) is 103. The van der Waals surface area contributed by atoms with E-state index < -0.39 is 5.41 Å². The molecule has 0 saturated heterocycles. The maximum absolute atomic E-state index is 2.57. The van der Waals surface area contributed by atoms with E-state index in [1.165, 1.54) is 111 Å². The Hall–Kier alpha value is -9.56. The minimum atomic E-state index is -0.525. The molecule has 3 aliphatic rings. The average molecular weight is 982 g/mol. The highest BCUT2D eigenvalue weighted by Crippen LogP contribution is 2.63. The number of aryl methyl sites for hydroxylation is 1. The topological polar surface area (TPSA) is 3.24 Å². The molecule has 0 fully saturated rings. The number of hydrogen-bond acceptors (Lipinski definition) is 1. The van der Waals surface area contributed by atoms with E-state index in [2.05, 4.69) is 302 Å². The van der Waals surface area contributed by atoms with Crippen LogP contribution in [0.15, 0.2) is 303 Å². The van der Waals surface area contributed by atoms with Crippen molar-refractivity contribution in [2.24, 2.45) is 0 Å². The second-order valence-electron chi connectivity index (χ2n) is 20.6. The molecule has 0 aliphatic heterocycles. The predicted octanol–water partition coefficient (Wildman–Crippen LogP) is 19.9. The molecule has 11 aromatic rings. The zero-order valence-corrected chi connectivity index (χ0v) is 42.9. The van der Waals surface area contributed by atoms with Crippen LogP contribution < -0.4 is 4.90 Å². The van der Waals surface area contributed by atoms with Crippen LogP contribution in [0.1, 0.15) is 51.8 Å². The SMILES string of the molecule is C1=CC(=C(CCc2ccc3c(c2)C2(c4ccccc4-3)c3ccccc3-c3ccc(N(c4ccc(-c5ccccc5)cc4)c4ccc(-c5ccccc5)cc4)cc32)c2ccc(-c3ccccc3)cc2)CC=C1c1ccccc1. The molecule has 0 amide bonds. The third kappa shape index (κ3) is 8.20. The van der Waals surface area contributed by atoms with E-state index in [9.17, 15) is 0 Å². The maximum atomic E-state index is 2.57. The number of nitrogens with zero attached hydrogens (tertiary/aromatic N) is 1. The van der Waals surface area contributed by atoms with Crippen LogP contribution in [0, 0.1) is 0 Å².